The van der Waals surface area contributed by atoms with Crippen LogP contribution in [0.4, 0.5) is 11.6 Å². The van der Waals surface area contributed by atoms with E-state index in [1.807, 2.05) is 0 Å². The topological polar surface area (TPSA) is 139 Å². The van der Waals surface area contributed by atoms with Crippen LogP contribution in [0.25, 0.3) is 22.6 Å². The fourth-order valence-corrected chi connectivity index (χ4v) is 2.76. The largest absolute Gasteiger partial charge is 0.463 e. The van der Waals surface area contributed by atoms with Gasteiger partial charge in [-0.3, -0.25) is 10.1 Å². The molecule has 26 heavy (non-hydrogen) atoms. The molecule has 10 nitrogen and oxygen atoms in total. The molecule has 10 heteroatoms. The lowest BCUT2D eigenvalue weighted by Crippen LogP contribution is -2.07. The Balaban J connectivity index is 1.82. The van der Waals surface area contributed by atoms with Gasteiger partial charge in [-0.2, -0.15) is 4.98 Å². The zero-order valence-corrected chi connectivity index (χ0v) is 13.7. The molecule has 130 valence electrons. The maximum Gasteiger partial charge on any atom is 0.272 e. The predicted molar refractivity (Wildman–Crippen MR) is 92.2 cm³/mol. The Labute approximate surface area is 146 Å². The van der Waals surface area contributed by atoms with Crippen LogP contribution >= 0.6 is 0 Å². The zero-order valence-electron chi connectivity index (χ0n) is 13.7. The molecule has 0 aliphatic heterocycles. The van der Waals surface area contributed by atoms with Crippen molar-refractivity contribution in [2.75, 3.05) is 5.73 Å². The first-order chi connectivity index (χ1) is 12.5. The lowest BCUT2D eigenvalue weighted by Gasteiger charge is -2.07. The van der Waals surface area contributed by atoms with Gasteiger partial charge in [0.25, 0.3) is 5.69 Å². The number of anilines is 1. The number of nitro benzene ring substituents is 1. The van der Waals surface area contributed by atoms with Gasteiger partial charge in [-0.1, -0.05) is 17.3 Å². The van der Waals surface area contributed by atoms with Crippen molar-refractivity contribution in [2.45, 2.75) is 13.5 Å². The van der Waals surface area contributed by atoms with E-state index in [9.17, 15) is 10.1 Å². The van der Waals surface area contributed by atoms with Gasteiger partial charge in [0.05, 0.1) is 17.7 Å². The van der Waals surface area contributed by atoms with Crippen molar-refractivity contribution in [1.29, 1.82) is 0 Å². The molecule has 0 radical (unpaired) electrons. The van der Waals surface area contributed by atoms with E-state index in [4.69, 9.17) is 10.2 Å². The van der Waals surface area contributed by atoms with Crippen molar-refractivity contribution < 1.29 is 9.34 Å². The molecule has 0 saturated heterocycles. The van der Waals surface area contributed by atoms with E-state index in [1.54, 1.807) is 31.2 Å². The molecule has 0 saturated carbocycles. The Morgan fingerprint density at radius 1 is 1.27 bits per heavy atom. The Kier molecular flexibility index (Phi) is 3.57. The molecule has 4 aromatic rings. The summed E-state index contributed by atoms with van der Waals surface area (Å²) in [6.45, 7) is 1.96. The van der Waals surface area contributed by atoms with E-state index >= 15 is 0 Å². The van der Waals surface area contributed by atoms with Gasteiger partial charge < -0.3 is 10.2 Å². The predicted octanol–water partition coefficient (Wildman–Crippen LogP) is 2.33. The summed E-state index contributed by atoms with van der Waals surface area (Å²) in [7, 11) is 0. The quantitative estimate of drug-likeness (QED) is 0.436. The Bertz CT molecular complexity index is 1120. The van der Waals surface area contributed by atoms with Crippen LogP contribution in [0.5, 0.6) is 0 Å². The van der Waals surface area contributed by atoms with Crippen LogP contribution in [0.3, 0.4) is 0 Å². The number of rotatable bonds is 4. The second-order valence-electron chi connectivity index (χ2n) is 5.65. The van der Waals surface area contributed by atoms with E-state index in [2.05, 4.69) is 20.3 Å². The Hall–Kier alpha value is -3.82. The van der Waals surface area contributed by atoms with Gasteiger partial charge in [-0.15, -0.1) is 5.10 Å². The third-order valence-corrected chi connectivity index (χ3v) is 4.07. The second-order valence-corrected chi connectivity index (χ2v) is 5.65. The first kappa shape index (κ1) is 15.7. The third-order valence-electron chi connectivity index (χ3n) is 4.07. The highest BCUT2D eigenvalue weighted by Gasteiger charge is 2.19. The highest BCUT2D eigenvalue weighted by Crippen LogP contribution is 2.27. The highest BCUT2D eigenvalue weighted by atomic mass is 16.6. The number of nitro groups is 1. The zero-order chi connectivity index (χ0) is 18.3. The summed E-state index contributed by atoms with van der Waals surface area (Å²) in [4.78, 5) is 19.1. The molecular formula is C16H13N7O3. The van der Waals surface area contributed by atoms with Gasteiger partial charge in [-0.25, -0.2) is 9.67 Å². The molecule has 0 bridgehead atoms. The van der Waals surface area contributed by atoms with Gasteiger partial charge in [0, 0.05) is 11.6 Å². The van der Waals surface area contributed by atoms with Gasteiger partial charge >= 0.3 is 0 Å². The summed E-state index contributed by atoms with van der Waals surface area (Å²) >= 11 is 0. The summed E-state index contributed by atoms with van der Waals surface area (Å²) in [6.07, 6.45) is 1.52. The minimum atomic E-state index is -0.409. The fraction of sp³-hybridized carbons (Fsp3) is 0.125. The first-order valence-electron chi connectivity index (χ1n) is 7.68. The molecule has 3 heterocycles. The van der Waals surface area contributed by atoms with E-state index in [1.165, 1.54) is 17.0 Å². The minimum absolute atomic E-state index is 0.0531. The van der Waals surface area contributed by atoms with Crippen LogP contribution in [0.2, 0.25) is 0 Å². The minimum Gasteiger partial charge on any atom is -0.463 e. The molecule has 0 unspecified atom stereocenters. The standard InChI is InChI=1S/C16H13N7O3/c1-9-10(4-2-5-11(9)23(24)25)8-22-15-14(20-21-22)13(18-16(17)19-15)12-6-3-7-26-12/h2-7H,8H2,1H3,(H2,17,18,19). The molecule has 0 fully saturated rings. The molecule has 4 rings (SSSR count). The van der Waals surface area contributed by atoms with Crippen LogP contribution < -0.4 is 5.73 Å². The van der Waals surface area contributed by atoms with Crippen molar-refractivity contribution in [3.63, 3.8) is 0 Å². The summed E-state index contributed by atoms with van der Waals surface area (Å²) < 4.78 is 6.91. The fourth-order valence-electron chi connectivity index (χ4n) is 2.76. The summed E-state index contributed by atoms with van der Waals surface area (Å²) in [5.41, 5.74) is 8.49. The molecule has 0 atom stereocenters. The lowest BCUT2D eigenvalue weighted by atomic mass is 10.1. The molecule has 2 N–H and O–H groups in total. The molecule has 0 aliphatic carbocycles. The van der Waals surface area contributed by atoms with Crippen LogP contribution in [-0.4, -0.2) is 29.9 Å². The van der Waals surface area contributed by atoms with Crippen molar-refractivity contribution in [1.82, 2.24) is 25.0 Å². The lowest BCUT2D eigenvalue weighted by molar-refractivity contribution is -0.385. The van der Waals surface area contributed by atoms with Crippen molar-refractivity contribution in [3.05, 3.63) is 57.8 Å². The average molecular weight is 351 g/mol. The van der Waals surface area contributed by atoms with Crippen molar-refractivity contribution >= 4 is 22.8 Å². The molecular weight excluding hydrogens is 338 g/mol. The van der Waals surface area contributed by atoms with Crippen molar-refractivity contribution in [3.8, 4) is 11.5 Å². The second kappa shape index (κ2) is 5.92. The van der Waals surface area contributed by atoms with Crippen LogP contribution in [0, 0.1) is 17.0 Å². The molecule has 0 amide bonds. The maximum absolute atomic E-state index is 11.1. The number of hydrogen-bond donors (Lipinski definition) is 1. The van der Waals surface area contributed by atoms with Crippen molar-refractivity contribution in [2.24, 2.45) is 0 Å². The normalized spacial score (nSPS) is 11.1. The monoisotopic (exact) mass is 351 g/mol. The van der Waals surface area contributed by atoms with E-state index in [-0.39, 0.29) is 18.2 Å². The number of nitrogen functional groups attached to an aromatic ring is 1. The number of aromatic nitrogens is 5. The van der Waals surface area contributed by atoms with Gasteiger partial charge in [0.15, 0.2) is 16.9 Å². The van der Waals surface area contributed by atoms with Gasteiger partial charge in [0.1, 0.15) is 5.69 Å². The van der Waals surface area contributed by atoms with Crippen LogP contribution in [-0.2, 0) is 6.54 Å². The first-order valence-corrected chi connectivity index (χ1v) is 7.68. The molecule has 0 aliphatic rings. The van der Waals surface area contributed by atoms with Crippen LogP contribution in [0.15, 0.2) is 41.0 Å². The number of fused-ring (bicyclic) bond motifs is 1. The maximum atomic E-state index is 11.1. The summed E-state index contributed by atoms with van der Waals surface area (Å²) in [5, 5.41) is 19.4. The molecule has 0 spiro atoms. The number of nitrogens with zero attached hydrogens (tertiary/aromatic N) is 6. The smallest absolute Gasteiger partial charge is 0.272 e. The summed E-state index contributed by atoms with van der Waals surface area (Å²) in [6, 6.07) is 8.37. The van der Waals surface area contributed by atoms with E-state index in [0.29, 0.717) is 28.2 Å². The Morgan fingerprint density at radius 2 is 2.12 bits per heavy atom. The molecule has 1 aromatic carbocycles. The summed E-state index contributed by atoms with van der Waals surface area (Å²) in [5.74, 6) is 0.561. The highest BCUT2D eigenvalue weighted by molar-refractivity contribution is 5.85. The Morgan fingerprint density at radius 3 is 2.85 bits per heavy atom. The average Bonchev–Trinajstić information content (AvgIpc) is 3.26. The number of furan rings is 1. The molecule has 3 aromatic heterocycles. The van der Waals surface area contributed by atoms with Gasteiger partial charge in [-0.05, 0) is 24.6 Å². The van der Waals surface area contributed by atoms with E-state index in [0.717, 1.165) is 5.56 Å². The number of hydrogen-bond acceptors (Lipinski definition) is 8. The van der Waals surface area contributed by atoms with Gasteiger partial charge in [0.2, 0.25) is 5.95 Å². The van der Waals surface area contributed by atoms with E-state index < -0.39 is 4.92 Å². The number of benzene rings is 1. The van der Waals surface area contributed by atoms with Crippen LogP contribution in [0.1, 0.15) is 11.1 Å². The SMILES string of the molecule is Cc1c(Cn2nnc3c(-c4ccco4)nc(N)nc32)cccc1[N+](=O)[O-]. The number of nitrogens with two attached hydrogens (primary N) is 1. The third kappa shape index (κ3) is 2.53.